The lowest BCUT2D eigenvalue weighted by atomic mass is 9.88. The highest BCUT2D eigenvalue weighted by Crippen LogP contribution is 2.26. The van der Waals surface area contributed by atoms with E-state index in [4.69, 9.17) is 10.6 Å². The van der Waals surface area contributed by atoms with Gasteiger partial charge in [-0.1, -0.05) is 27.2 Å². The van der Waals surface area contributed by atoms with Gasteiger partial charge in [0.2, 0.25) is 0 Å². The van der Waals surface area contributed by atoms with Crippen LogP contribution in [0.3, 0.4) is 0 Å². The van der Waals surface area contributed by atoms with Gasteiger partial charge in [-0.15, -0.1) is 0 Å². The van der Waals surface area contributed by atoms with Crippen molar-refractivity contribution >= 4 is 0 Å². The zero-order valence-electron chi connectivity index (χ0n) is 8.92. The molecule has 78 valence electrons. The number of nitrogens with one attached hydrogen (secondary N) is 1. The standard InChI is InChI=1S/C10H22N2O/c1-4-7(2)9(12-11)10-8(3)5-6-13-10/h7-10,12H,4-6,11H2,1-3H3. The molecule has 13 heavy (non-hydrogen) atoms. The number of ether oxygens (including phenoxy) is 1. The molecule has 1 heterocycles. The van der Waals surface area contributed by atoms with Crippen LogP contribution in [-0.4, -0.2) is 18.8 Å². The Balaban J connectivity index is 2.54. The van der Waals surface area contributed by atoms with Crippen LogP contribution in [0.2, 0.25) is 0 Å². The minimum absolute atomic E-state index is 0.306. The van der Waals surface area contributed by atoms with Gasteiger partial charge in [0.25, 0.3) is 0 Å². The molecule has 1 saturated heterocycles. The molecule has 3 N–H and O–H groups in total. The normalized spacial score (nSPS) is 33.2. The van der Waals surface area contributed by atoms with E-state index < -0.39 is 0 Å². The van der Waals surface area contributed by atoms with E-state index in [0.717, 1.165) is 13.0 Å². The van der Waals surface area contributed by atoms with Crippen molar-refractivity contribution in [2.45, 2.75) is 45.8 Å². The van der Waals surface area contributed by atoms with E-state index in [1.165, 1.54) is 6.42 Å². The monoisotopic (exact) mass is 186 g/mol. The van der Waals surface area contributed by atoms with Crippen LogP contribution in [0.4, 0.5) is 0 Å². The van der Waals surface area contributed by atoms with Gasteiger partial charge in [-0.2, -0.15) is 0 Å². The van der Waals surface area contributed by atoms with Gasteiger partial charge in [-0.3, -0.25) is 11.3 Å². The molecule has 0 amide bonds. The Labute approximate surface area is 81.0 Å². The molecule has 0 aromatic heterocycles. The van der Waals surface area contributed by atoms with Crippen molar-refractivity contribution in [2.75, 3.05) is 6.61 Å². The highest BCUT2D eigenvalue weighted by atomic mass is 16.5. The van der Waals surface area contributed by atoms with Crippen LogP contribution in [-0.2, 0) is 4.74 Å². The van der Waals surface area contributed by atoms with Gasteiger partial charge in [0.1, 0.15) is 0 Å². The summed E-state index contributed by atoms with van der Waals surface area (Å²) in [6, 6.07) is 0.308. The van der Waals surface area contributed by atoms with Gasteiger partial charge in [0.15, 0.2) is 0 Å². The molecule has 1 aliphatic rings. The summed E-state index contributed by atoms with van der Waals surface area (Å²) in [5.74, 6) is 6.77. The Bertz CT molecular complexity index is 152. The first kappa shape index (κ1) is 11.0. The van der Waals surface area contributed by atoms with Gasteiger partial charge in [0.05, 0.1) is 12.1 Å². The van der Waals surface area contributed by atoms with E-state index in [-0.39, 0.29) is 0 Å². The van der Waals surface area contributed by atoms with Crippen molar-refractivity contribution in [3.05, 3.63) is 0 Å². The average molecular weight is 186 g/mol. The predicted molar refractivity (Wildman–Crippen MR) is 54.1 cm³/mol. The zero-order valence-corrected chi connectivity index (χ0v) is 8.92. The fourth-order valence-corrected chi connectivity index (χ4v) is 2.01. The zero-order chi connectivity index (χ0) is 9.84. The summed E-state index contributed by atoms with van der Waals surface area (Å²) in [7, 11) is 0. The maximum absolute atomic E-state index is 5.70. The maximum atomic E-state index is 5.70. The summed E-state index contributed by atoms with van der Waals surface area (Å²) in [6.07, 6.45) is 2.61. The summed E-state index contributed by atoms with van der Waals surface area (Å²) in [6.45, 7) is 7.54. The van der Waals surface area contributed by atoms with Gasteiger partial charge in [-0.05, 0) is 18.3 Å². The minimum Gasteiger partial charge on any atom is -0.376 e. The van der Waals surface area contributed by atoms with Gasteiger partial charge in [0, 0.05) is 6.61 Å². The van der Waals surface area contributed by atoms with E-state index >= 15 is 0 Å². The van der Waals surface area contributed by atoms with E-state index in [2.05, 4.69) is 26.2 Å². The van der Waals surface area contributed by atoms with E-state index in [1.807, 2.05) is 0 Å². The van der Waals surface area contributed by atoms with E-state index in [9.17, 15) is 0 Å². The Morgan fingerprint density at radius 1 is 1.62 bits per heavy atom. The van der Waals surface area contributed by atoms with Crippen LogP contribution in [0.15, 0.2) is 0 Å². The molecule has 0 aromatic carbocycles. The van der Waals surface area contributed by atoms with Gasteiger partial charge in [-0.25, -0.2) is 0 Å². The molecule has 4 unspecified atom stereocenters. The third-order valence-electron chi connectivity index (χ3n) is 3.25. The topological polar surface area (TPSA) is 47.3 Å². The van der Waals surface area contributed by atoms with Crippen LogP contribution in [0, 0.1) is 11.8 Å². The molecular weight excluding hydrogens is 164 g/mol. The Kier molecular flexibility index (Phi) is 4.16. The third kappa shape index (κ3) is 2.42. The Morgan fingerprint density at radius 3 is 2.69 bits per heavy atom. The first-order valence-electron chi connectivity index (χ1n) is 5.28. The number of hydrazine groups is 1. The number of hydrogen-bond donors (Lipinski definition) is 2. The molecule has 3 nitrogen and oxygen atoms in total. The van der Waals surface area contributed by atoms with Crippen molar-refractivity contribution in [1.82, 2.24) is 5.43 Å². The van der Waals surface area contributed by atoms with Crippen molar-refractivity contribution in [3.8, 4) is 0 Å². The second kappa shape index (κ2) is 4.94. The van der Waals surface area contributed by atoms with Crippen LogP contribution in [0.5, 0.6) is 0 Å². The lowest BCUT2D eigenvalue weighted by Crippen LogP contribution is -2.49. The largest absolute Gasteiger partial charge is 0.376 e. The highest BCUT2D eigenvalue weighted by Gasteiger charge is 2.33. The molecule has 0 radical (unpaired) electrons. The molecule has 0 aliphatic carbocycles. The molecule has 0 spiro atoms. The summed E-state index contributed by atoms with van der Waals surface area (Å²) in [5.41, 5.74) is 2.90. The molecule has 1 aliphatic heterocycles. The summed E-state index contributed by atoms with van der Waals surface area (Å²) in [4.78, 5) is 0. The first-order valence-corrected chi connectivity index (χ1v) is 5.28. The van der Waals surface area contributed by atoms with Crippen LogP contribution < -0.4 is 11.3 Å². The smallest absolute Gasteiger partial charge is 0.0770 e. The van der Waals surface area contributed by atoms with Gasteiger partial charge >= 0.3 is 0 Å². The second-order valence-corrected chi connectivity index (χ2v) is 4.18. The average Bonchev–Trinajstić information content (AvgIpc) is 2.53. The van der Waals surface area contributed by atoms with Crippen molar-refractivity contribution in [1.29, 1.82) is 0 Å². The second-order valence-electron chi connectivity index (χ2n) is 4.18. The first-order chi connectivity index (χ1) is 6.20. The summed E-state index contributed by atoms with van der Waals surface area (Å²) < 4.78 is 5.70. The Morgan fingerprint density at radius 2 is 2.31 bits per heavy atom. The number of hydrogen-bond acceptors (Lipinski definition) is 3. The fourth-order valence-electron chi connectivity index (χ4n) is 2.01. The number of nitrogens with two attached hydrogens (primary N) is 1. The molecule has 1 fully saturated rings. The molecular formula is C10H22N2O. The SMILES string of the molecule is CCC(C)C(NN)C1OCCC1C. The quantitative estimate of drug-likeness (QED) is 0.514. The molecule has 4 atom stereocenters. The third-order valence-corrected chi connectivity index (χ3v) is 3.25. The molecule has 0 aromatic rings. The van der Waals surface area contributed by atoms with Crippen molar-refractivity contribution in [3.63, 3.8) is 0 Å². The van der Waals surface area contributed by atoms with Crippen LogP contribution in [0.25, 0.3) is 0 Å². The lowest BCUT2D eigenvalue weighted by Gasteiger charge is -2.29. The summed E-state index contributed by atoms with van der Waals surface area (Å²) in [5, 5.41) is 0. The maximum Gasteiger partial charge on any atom is 0.0770 e. The van der Waals surface area contributed by atoms with E-state index in [1.54, 1.807) is 0 Å². The van der Waals surface area contributed by atoms with Crippen molar-refractivity contribution in [2.24, 2.45) is 17.7 Å². The highest BCUT2D eigenvalue weighted by molar-refractivity contribution is 4.86. The molecule has 0 bridgehead atoms. The van der Waals surface area contributed by atoms with E-state index in [0.29, 0.717) is 24.0 Å². The summed E-state index contributed by atoms with van der Waals surface area (Å²) >= 11 is 0. The Hall–Kier alpha value is -0.120. The molecule has 0 saturated carbocycles. The van der Waals surface area contributed by atoms with Gasteiger partial charge < -0.3 is 4.74 Å². The molecule has 3 heteroatoms. The predicted octanol–water partition coefficient (Wildman–Crippen LogP) is 1.29. The minimum atomic E-state index is 0.306. The number of rotatable bonds is 4. The van der Waals surface area contributed by atoms with Crippen LogP contribution in [0.1, 0.15) is 33.6 Å². The molecule has 1 rings (SSSR count). The van der Waals surface area contributed by atoms with Crippen molar-refractivity contribution < 1.29 is 4.74 Å². The lowest BCUT2D eigenvalue weighted by molar-refractivity contribution is 0.0428. The fraction of sp³-hybridized carbons (Fsp3) is 1.00. The van der Waals surface area contributed by atoms with Crippen LogP contribution >= 0.6 is 0 Å².